The summed E-state index contributed by atoms with van der Waals surface area (Å²) < 4.78 is 28.9. The number of nitrogens with zero attached hydrogens (tertiary/aromatic N) is 2. The summed E-state index contributed by atoms with van der Waals surface area (Å²) >= 11 is 0. The zero-order valence-corrected chi connectivity index (χ0v) is 18.3. The van der Waals surface area contributed by atoms with Crippen LogP contribution < -0.4 is 5.32 Å². The van der Waals surface area contributed by atoms with Gasteiger partial charge in [-0.2, -0.15) is 0 Å². The Hall–Kier alpha value is -3.78. The van der Waals surface area contributed by atoms with Crippen LogP contribution in [0.5, 0.6) is 0 Å². The Kier molecular flexibility index (Phi) is 5.87. The number of rotatable bonds is 6. The first-order valence-corrected chi connectivity index (χ1v) is 11.8. The number of nitrogens with one attached hydrogen (secondary N) is 1. The first-order valence-electron chi connectivity index (χ1n) is 9.91. The molecule has 0 spiro atoms. The van der Waals surface area contributed by atoms with Gasteiger partial charge in [0.1, 0.15) is 0 Å². The van der Waals surface area contributed by atoms with Gasteiger partial charge < -0.3 is 9.73 Å². The lowest BCUT2D eigenvalue weighted by molar-refractivity contribution is 0.0940. The van der Waals surface area contributed by atoms with Crippen molar-refractivity contribution in [2.75, 3.05) is 6.26 Å². The Balaban J connectivity index is 1.44. The van der Waals surface area contributed by atoms with Crippen LogP contribution >= 0.6 is 0 Å². The van der Waals surface area contributed by atoms with E-state index in [1.807, 2.05) is 37.3 Å². The molecule has 1 aromatic heterocycles. The summed E-state index contributed by atoms with van der Waals surface area (Å²) in [4.78, 5) is 12.9. The predicted molar refractivity (Wildman–Crippen MR) is 121 cm³/mol. The van der Waals surface area contributed by atoms with Crippen molar-refractivity contribution in [3.8, 4) is 22.9 Å². The molecule has 0 unspecified atom stereocenters. The van der Waals surface area contributed by atoms with Crippen molar-refractivity contribution in [3.05, 3.63) is 90.0 Å². The minimum atomic E-state index is -3.26. The van der Waals surface area contributed by atoms with Crippen molar-refractivity contribution in [1.82, 2.24) is 15.5 Å². The standard InChI is InChI=1S/C24H21N3O4S/c1-16(17-12-14-21(15-13-17)32(2,29)30)25-22(28)18-8-10-20(11-9-18)24-27-26-23(31-24)19-6-4-3-5-7-19/h3-16H,1-2H3,(H,25,28)/t16-/m1/s1. The molecular formula is C24H21N3O4S. The maximum Gasteiger partial charge on any atom is 0.251 e. The van der Waals surface area contributed by atoms with Crippen molar-refractivity contribution in [3.63, 3.8) is 0 Å². The molecule has 0 fully saturated rings. The van der Waals surface area contributed by atoms with E-state index in [2.05, 4.69) is 15.5 Å². The van der Waals surface area contributed by atoms with Gasteiger partial charge in [0.15, 0.2) is 9.84 Å². The van der Waals surface area contributed by atoms with Crippen LogP contribution in [0.3, 0.4) is 0 Å². The third-order valence-corrected chi connectivity index (χ3v) is 6.12. The molecule has 1 heterocycles. The van der Waals surface area contributed by atoms with Gasteiger partial charge >= 0.3 is 0 Å². The van der Waals surface area contributed by atoms with E-state index in [1.54, 1.807) is 36.4 Å². The molecule has 162 valence electrons. The number of aromatic nitrogens is 2. The Morgan fingerprint density at radius 1 is 0.844 bits per heavy atom. The SMILES string of the molecule is C[C@@H](NC(=O)c1ccc(-c2nnc(-c3ccccc3)o2)cc1)c1ccc(S(C)(=O)=O)cc1. The molecule has 8 heteroatoms. The summed E-state index contributed by atoms with van der Waals surface area (Å²) in [5.74, 6) is 0.556. The second kappa shape index (κ2) is 8.76. The van der Waals surface area contributed by atoms with Crippen molar-refractivity contribution in [2.24, 2.45) is 0 Å². The van der Waals surface area contributed by atoms with Crippen LogP contribution in [0.2, 0.25) is 0 Å². The maximum atomic E-state index is 12.6. The van der Waals surface area contributed by atoms with Gasteiger partial charge in [0.05, 0.1) is 10.9 Å². The van der Waals surface area contributed by atoms with Gasteiger partial charge in [-0.3, -0.25) is 4.79 Å². The lowest BCUT2D eigenvalue weighted by Crippen LogP contribution is -2.26. The smallest absolute Gasteiger partial charge is 0.251 e. The third kappa shape index (κ3) is 4.76. The molecule has 0 bridgehead atoms. The topological polar surface area (TPSA) is 102 Å². The minimum Gasteiger partial charge on any atom is -0.416 e. The summed E-state index contributed by atoms with van der Waals surface area (Å²) in [6, 6.07) is 22.6. The number of hydrogen-bond acceptors (Lipinski definition) is 6. The summed E-state index contributed by atoms with van der Waals surface area (Å²) in [7, 11) is -3.26. The highest BCUT2D eigenvalue weighted by molar-refractivity contribution is 7.90. The van der Waals surface area contributed by atoms with E-state index < -0.39 is 9.84 Å². The van der Waals surface area contributed by atoms with Crippen LogP contribution in [0.15, 0.2) is 88.2 Å². The fourth-order valence-electron chi connectivity index (χ4n) is 3.17. The highest BCUT2D eigenvalue weighted by atomic mass is 32.2. The molecule has 1 atom stereocenters. The normalized spacial score (nSPS) is 12.3. The lowest BCUT2D eigenvalue weighted by Gasteiger charge is -2.15. The van der Waals surface area contributed by atoms with E-state index in [1.165, 1.54) is 12.1 Å². The maximum absolute atomic E-state index is 12.6. The van der Waals surface area contributed by atoms with E-state index >= 15 is 0 Å². The van der Waals surface area contributed by atoms with Gasteiger partial charge in [0, 0.05) is 22.9 Å². The number of benzene rings is 3. The molecular weight excluding hydrogens is 426 g/mol. The van der Waals surface area contributed by atoms with Crippen molar-refractivity contribution >= 4 is 15.7 Å². The van der Waals surface area contributed by atoms with Gasteiger partial charge in [-0.1, -0.05) is 30.3 Å². The molecule has 0 saturated heterocycles. The summed E-state index contributed by atoms with van der Waals surface area (Å²) in [5.41, 5.74) is 2.83. The van der Waals surface area contributed by atoms with Crippen molar-refractivity contribution in [1.29, 1.82) is 0 Å². The first kappa shape index (κ1) is 21.5. The third-order valence-electron chi connectivity index (χ3n) is 5.00. The van der Waals surface area contributed by atoms with Crippen molar-refractivity contribution < 1.29 is 17.6 Å². The molecule has 0 saturated carbocycles. The largest absolute Gasteiger partial charge is 0.416 e. The monoisotopic (exact) mass is 447 g/mol. The van der Waals surface area contributed by atoms with Crippen LogP contribution in [-0.2, 0) is 9.84 Å². The molecule has 0 aliphatic rings. The lowest BCUT2D eigenvalue weighted by atomic mass is 10.1. The van der Waals surface area contributed by atoms with Crippen LogP contribution in [0, 0.1) is 0 Å². The molecule has 7 nitrogen and oxygen atoms in total. The fraction of sp³-hybridized carbons (Fsp3) is 0.125. The number of carbonyl (C=O) groups is 1. The molecule has 0 aliphatic carbocycles. The van der Waals surface area contributed by atoms with Crippen LogP contribution in [0.25, 0.3) is 22.9 Å². The Morgan fingerprint density at radius 3 is 1.97 bits per heavy atom. The second-order valence-electron chi connectivity index (χ2n) is 7.39. The molecule has 0 radical (unpaired) electrons. The number of sulfone groups is 1. The molecule has 32 heavy (non-hydrogen) atoms. The molecule has 3 aromatic carbocycles. The summed E-state index contributed by atoms with van der Waals surface area (Å²) in [6.45, 7) is 1.84. The van der Waals surface area contributed by atoms with E-state index in [-0.39, 0.29) is 16.8 Å². The highest BCUT2D eigenvalue weighted by Gasteiger charge is 2.15. The molecule has 0 aliphatic heterocycles. The molecule has 1 amide bonds. The Bertz CT molecular complexity index is 1330. The molecule has 1 N–H and O–H groups in total. The average molecular weight is 448 g/mol. The summed E-state index contributed by atoms with van der Waals surface area (Å²) in [6.07, 6.45) is 1.16. The van der Waals surface area contributed by atoms with Gasteiger partial charge in [0.2, 0.25) is 11.8 Å². The Morgan fingerprint density at radius 2 is 1.41 bits per heavy atom. The van der Waals surface area contributed by atoms with Crippen LogP contribution in [0.1, 0.15) is 28.9 Å². The highest BCUT2D eigenvalue weighted by Crippen LogP contribution is 2.24. The van der Waals surface area contributed by atoms with E-state index in [0.29, 0.717) is 22.9 Å². The average Bonchev–Trinajstić information content (AvgIpc) is 3.29. The van der Waals surface area contributed by atoms with Crippen molar-refractivity contribution in [2.45, 2.75) is 17.9 Å². The Labute approximate surface area is 186 Å². The zero-order chi connectivity index (χ0) is 22.7. The van der Waals surface area contributed by atoms with Crippen LogP contribution in [-0.4, -0.2) is 30.8 Å². The van der Waals surface area contributed by atoms with Gasteiger partial charge in [-0.05, 0) is 61.0 Å². The summed E-state index contributed by atoms with van der Waals surface area (Å²) in [5, 5.41) is 11.1. The first-order chi connectivity index (χ1) is 15.3. The van der Waals surface area contributed by atoms with Gasteiger partial charge in [-0.15, -0.1) is 10.2 Å². The number of amides is 1. The fourth-order valence-corrected chi connectivity index (χ4v) is 3.80. The zero-order valence-electron chi connectivity index (χ0n) is 17.5. The molecule has 4 aromatic rings. The van der Waals surface area contributed by atoms with Crippen LogP contribution in [0.4, 0.5) is 0 Å². The number of hydrogen-bond donors (Lipinski definition) is 1. The second-order valence-corrected chi connectivity index (χ2v) is 9.41. The van der Waals surface area contributed by atoms with E-state index in [4.69, 9.17) is 4.42 Å². The quantitative estimate of drug-likeness (QED) is 0.473. The van der Waals surface area contributed by atoms with E-state index in [0.717, 1.165) is 17.4 Å². The van der Waals surface area contributed by atoms with Gasteiger partial charge in [-0.25, -0.2) is 8.42 Å². The minimum absolute atomic E-state index is 0.242. The predicted octanol–water partition coefficient (Wildman–Crippen LogP) is 4.30. The molecule has 4 rings (SSSR count). The number of carbonyl (C=O) groups excluding carboxylic acids is 1. The van der Waals surface area contributed by atoms with Gasteiger partial charge in [0.25, 0.3) is 5.91 Å². The van der Waals surface area contributed by atoms with E-state index in [9.17, 15) is 13.2 Å².